The number of benzene rings is 1. The number of halogens is 2. The number of carbonyl (C=O) groups excluding carboxylic acids is 1. The summed E-state index contributed by atoms with van der Waals surface area (Å²) in [6, 6.07) is 3.50. The molecule has 1 saturated heterocycles. The first kappa shape index (κ1) is 20.1. The number of hydrogen-bond donors (Lipinski definition) is 2. The fourth-order valence-corrected chi connectivity index (χ4v) is 3.49. The summed E-state index contributed by atoms with van der Waals surface area (Å²) in [5, 5.41) is 6.29. The Morgan fingerprint density at radius 1 is 1.27 bits per heavy atom. The van der Waals surface area contributed by atoms with E-state index in [9.17, 15) is 13.6 Å². The molecule has 0 aliphatic carbocycles. The van der Waals surface area contributed by atoms with Crippen molar-refractivity contribution in [2.75, 3.05) is 23.3 Å². The Labute approximate surface area is 172 Å². The Morgan fingerprint density at radius 3 is 2.60 bits per heavy atom. The van der Waals surface area contributed by atoms with Crippen molar-refractivity contribution in [3.05, 3.63) is 47.7 Å². The number of rotatable bonds is 5. The first-order valence-electron chi connectivity index (χ1n) is 9.79. The lowest BCUT2D eigenvalue weighted by atomic mass is 9.98. The number of anilines is 2. The summed E-state index contributed by atoms with van der Waals surface area (Å²) >= 11 is 0. The second-order valence-corrected chi connectivity index (χ2v) is 7.83. The number of urea groups is 1. The summed E-state index contributed by atoms with van der Waals surface area (Å²) in [4.78, 5) is 22.6. The first-order chi connectivity index (χ1) is 14.3. The van der Waals surface area contributed by atoms with Crippen LogP contribution in [-0.4, -0.2) is 35.3 Å². The molecule has 3 aromatic rings. The van der Waals surface area contributed by atoms with Crippen molar-refractivity contribution in [3.8, 4) is 0 Å². The minimum absolute atomic E-state index is 0.0264. The Kier molecular flexibility index (Phi) is 5.27. The number of nitrogens with zero attached hydrogens (tertiary/aromatic N) is 3. The normalized spacial score (nSPS) is 15.3. The number of hydrogen-bond acceptors (Lipinski definition) is 5. The molecule has 158 valence electrons. The maximum Gasteiger partial charge on any atom is 0.319 e. The quantitative estimate of drug-likeness (QED) is 0.647. The molecule has 1 fully saturated rings. The lowest BCUT2D eigenvalue weighted by molar-refractivity contribution is 0.241. The average Bonchev–Trinajstić information content (AvgIpc) is 3.00. The Balaban J connectivity index is 1.47. The van der Waals surface area contributed by atoms with E-state index in [1.165, 1.54) is 24.5 Å². The number of amides is 2. The van der Waals surface area contributed by atoms with Gasteiger partial charge in [0.05, 0.1) is 37.2 Å². The van der Waals surface area contributed by atoms with Crippen LogP contribution in [0.2, 0.25) is 0 Å². The number of fused-ring (bicyclic) bond motifs is 1. The van der Waals surface area contributed by atoms with Crippen molar-refractivity contribution in [2.45, 2.75) is 33.0 Å². The van der Waals surface area contributed by atoms with Gasteiger partial charge in [0.1, 0.15) is 23.3 Å². The Bertz CT molecular complexity index is 1060. The van der Waals surface area contributed by atoms with Crippen LogP contribution >= 0.6 is 0 Å². The fourth-order valence-electron chi connectivity index (χ4n) is 3.49. The summed E-state index contributed by atoms with van der Waals surface area (Å²) in [7, 11) is 0. The number of aryl methyl sites for hydroxylation is 1. The zero-order chi connectivity index (χ0) is 21.4. The minimum atomic E-state index is -0.844. The van der Waals surface area contributed by atoms with Gasteiger partial charge in [0, 0.05) is 10.9 Å². The van der Waals surface area contributed by atoms with E-state index in [-0.39, 0.29) is 24.8 Å². The highest BCUT2D eigenvalue weighted by atomic mass is 19.1. The van der Waals surface area contributed by atoms with E-state index in [1.54, 1.807) is 11.0 Å². The van der Waals surface area contributed by atoms with Crippen LogP contribution < -0.4 is 15.5 Å². The standard InChI is InChI=1S/C21H23F2N5O2/c1-11(2)18(19-12(3)16-6-13(22)4-5-17(16)30-19)27-21(29)26-15-7-24-20(25-8-15)28-9-14(23)10-28/h4-8,11,14,18H,9-10H2,1-3H3,(H2,26,27,29)/t18-/m0/s1. The number of nitrogens with one attached hydrogen (secondary N) is 2. The predicted octanol–water partition coefficient (Wildman–Crippen LogP) is 4.35. The first-order valence-corrected chi connectivity index (χ1v) is 9.79. The zero-order valence-electron chi connectivity index (χ0n) is 16.9. The molecule has 0 radical (unpaired) electrons. The maximum absolute atomic E-state index is 13.6. The van der Waals surface area contributed by atoms with Gasteiger partial charge in [0.2, 0.25) is 5.95 Å². The highest BCUT2D eigenvalue weighted by Crippen LogP contribution is 2.33. The molecule has 0 spiro atoms. The van der Waals surface area contributed by atoms with E-state index in [4.69, 9.17) is 4.42 Å². The molecule has 2 aromatic heterocycles. The zero-order valence-corrected chi connectivity index (χ0v) is 16.9. The maximum atomic E-state index is 13.6. The highest BCUT2D eigenvalue weighted by molar-refractivity contribution is 5.89. The monoisotopic (exact) mass is 415 g/mol. The van der Waals surface area contributed by atoms with Gasteiger partial charge in [0.25, 0.3) is 0 Å². The number of alkyl halides is 1. The molecule has 0 saturated carbocycles. The molecule has 1 atom stereocenters. The predicted molar refractivity (Wildman–Crippen MR) is 110 cm³/mol. The topological polar surface area (TPSA) is 83.3 Å². The van der Waals surface area contributed by atoms with E-state index in [1.807, 2.05) is 20.8 Å². The number of carbonyl (C=O) groups is 1. The molecular weight excluding hydrogens is 392 g/mol. The van der Waals surface area contributed by atoms with Crippen molar-refractivity contribution in [2.24, 2.45) is 5.92 Å². The Hall–Kier alpha value is -3.23. The van der Waals surface area contributed by atoms with Gasteiger partial charge in [-0.15, -0.1) is 0 Å². The molecular formula is C21H23F2N5O2. The minimum Gasteiger partial charge on any atom is -0.459 e. The number of furan rings is 1. The molecule has 3 heterocycles. The fraction of sp³-hybridized carbons (Fsp3) is 0.381. The average molecular weight is 415 g/mol. The van der Waals surface area contributed by atoms with Crippen LogP contribution in [0.1, 0.15) is 31.2 Å². The molecule has 2 amide bonds. The summed E-state index contributed by atoms with van der Waals surface area (Å²) in [6.07, 6.45) is 2.11. The summed E-state index contributed by atoms with van der Waals surface area (Å²) < 4.78 is 32.5. The largest absolute Gasteiger partial charge is 0.459 e. The van der Waals surface area contributed by atoms with Crippen LogP contribution in [-0.2, 0) is 0 Å². The molecule has 0 bridgehead atoms. The SMILES string of the molecule is Cc1c([C@@H](NC(=O)Nc2cnc(N3CC(F)C3)nc2)C(C)C)oc2ccc(F)cc12. The highest BCUT2D eigenvalue weighted by Gasteiger charge is 2.28. The van der Waals surface area contributed by atoms with E-state index in [0.717, 1.165) is 5.56 Å². The lowest BCUT2D eigenvalue weighted by Crippen LogP contribution is -2.49. The van der Waals surface area contributed by atoms with Crippen LogP contribution in [0.25, 0.3) is 11.0 Å². The third-order valence-electron chi connectivity index (χ3n) is 5.19. The third kappa shape index (κ3) is 3.92. The van der Waals surface area contributed by atoms with Crippen molar-refractivity contribution in [3.63, 3.8) is 0 Å². The van der Waals surface area contributed by atoms with Crippen molar-refractivity contribution >= 4 is 28.6 Å². The van der Waals surface area contributed by atoms with E-state index in [2.05, 4.69) is 20.6 Å². The number of aromatic nitrogens is 2. The summed E-state index contributed by atoms with van der Waals surface area (Å²) in [5.41, 5.74) is 1.78. The molecule has 4 rings (SSSR count). The van der Waals surface area contributed by atoms with Crippen molar-refractivity contribution in [1.82, 2.24) is 15.3 Å². The van der Waals surface area contributed by atoms with E-state index >= 15 is 0 Å². The van der Waals surface area contributed by atoms with Gasteiger partial charge < -0.3 is 20.0 Å². The van der Waals surface area contributed by atoms with Crippen LogP contribution in [0.15, 0.2) is 35.0 Å². The molecule has 0 unspecified atom stereocenters. The molecule has 2 N–H and O–H groups in total. The smallest absolute Gasteiger partial charge is 0.319 e. The van der Waals surface area contributed by atoms with Gasteiger partial charge in [-0.25, -0.2) is 23.5 Å². The van der Waals surface area contributed by atoms with E-state index < -0.39 is 18.2 Å². The summed E-state index contributed by atoms with van der Waals surface area (Å²) in [5.74, 6) is 0.706. The molecule has 30 heavy (non-hydrogen) atoms. The summed E-state index contributed by atoms with van der Waals surface area (Å²) in [6.45, 7) is 6.33. The van der Waals surface area contributed by atoms with Crippen LogP contribution in [0.4, 0.5) is 25.2 Å². The van der Waals surface area contributed by atoms with Gasteiger partial charge in [0.15, 0.2) is 0 Å². The van der Waals surface area contributed by atoms with Gasteiger partial charge in [-0.1, -0.05) is 13.8 Å². The van der Waals surface area contributed by atoms with Crippen LogP contribution in [0.3, 0.4) is 0 Å². The van der Waals surface area contributed by atoms with Crippen LogP contribution in [0.5, 0.6) is 0 Å². The molecule has 1 aliphatic heterocycles. The second kappa shape index (κ2) is 7.89. The van der Waals surface area contributed by atoms with Crippen molar-refractivity contribution in [1.29, 1.82) is 0 Å². The van der Waals surface area contributed by atoms with Gasteiger partial charge in [-0.3, -0.25) is 0 Å². The van der Waals surface area contributed by atoms with Gasteiger partial charge in [-0.05, 0) is 31.0 Å². The molecule has 1 aliphatic rings. The Morgan fingerprint density at radius 2 is 1.97 bits per heavy atom. The van der Waals surface area contributed by atoms with Gasteiger partial charge in [-0.2, -0.15) is 0 Å². The van der Waals surface area contributed by atoms with Crippen molar-refractivity contribution < 1.29 is 18.0 Å². The second-order valence-electron chi connectivity index (χ2n) is 7.83. The van der Waals surface area contributed by atoms with Crippen LogP contribution in [0, 0.1) is 18.7 Å². The molecule has 9 heteroatoms. The van der Waals surface area contributed by atoms with E-state index in [0.29, 0.717) is 28.4 Å². The lowest BCUT2D eigenvalue weighted by Gasteiger charge is -2.34. The molecule has 1 aromatic carbocycles. The van der Waals surface area contributed by atoms with Gasteiger partial charge >= 0.3 is 6.03 Å². The molecule has 7 nitrogen and oxygen atoms in total. The third-order valence-corrected chi connectivity index (χ3v) is 5.19.